The zero-order chi connectivity index (χ0) is 13.0. The predicted octanol–water partition coefficient (Wildman–Crippen LogP) is 3.05. The third-order valence-corrected chi connectivity index (χ3v) is 5.50. The molecule has 0 aromatic rings. The van der Waals surface area contributed by atoms with Crippen molar-refractivity contribution >= 4 is 16.9 Å². The van der Waals surface area contributed by atoms with Crippen molar-refractivity contribution in [2.75, 3.05) is 19.7 Å². The molecule has 0 bridgehead atoms. The van der Waals surface area contributed by atoms with Crippen LogP contribution in [0.3, 0.4) is 0 Å². The molecule has 1 N–H and O–H groups in total. The average Bonchev–Trinajstić information content (AvgIpc) is 2.99. The van der Waals surface area contributed by atoms with E-state index in [9.17, 15) is 0 Å². The van der Waals surface area contributed by atoms with Crippen molar-refractivity contribution in [3.63, 3.8) is 0 Å². The lowest BCUT2D eigenvalue weighted by molar-refractivity contribution is 0.0246. The van der Waals surface area contributed by atoms with Crippen molar-refractivity contribution in [1.29, 1.82) is 0 Å². The summed E-state index contributed by atoms with van der Waals surface area (Å²) in [5.41, 5.74) is 0.0239. The molecule has 0 amide bonds. The van der Waals surface area contributed by atoms with Crippen LogP contribution in [-0.4, -0.2) is 35.7 Å². The van der Waals surface area contributed by atoms with E-state index in [-0.39, 0.29) is 5.60 Å². The summed E-state index contributed by atoms with van der Waals surface area (Å²) in [6.45, 7) is 9.56. The van der Waals surface area contributed by atoms with E-state index < -0.39 is 0 Å². The molecule has 2 heterocycles. The molecule has 0 aliphatic carbocycles. The van der Waals surface area contributed by atoms with Crippen molar-refractivity contribution < 1.29 is 4.74 Å². The maximum atomic E-state index is 5.79. The second kappa shape index (κ2) is 6.29. The minimum Gasteiger partial charge on any atom is -0.373 e. The van der Waals surface area contributed by atoms with Gasteiger partial charge in [-0.15, -0.1) is 0 Å². The molecule has 0 aromatic heterocycles. The van der Waals surface area contributed by atoms with Crippen molar-refractivity contribution in [3.05, 3.63) is 0 Å². The van der Waals surface area contributed by atoms with Gasteiger partial charge in [-0.3, -0.25) is 4.99 Å². The van der Waals surface area contributed by atoms with Crippen molar-refractivity contribution in [2.45, 2.75) is 57.3 Å². The number of nitrogens with zero attached hydrogens (tertiary/aromatic N) is 1. The molecule has 0 aromatic carbocycles. The second-order valence-corrected chi connectivity index (χ2v) is 6.86. The van der Waals surface area contributed by atoms with Crippen LogP contribution in [0.5, 0.6) is 0 Å². The summed E-state index contributed by atoms with van der Waals surface area (Å²) in [5.74, 6) is 0.802. The van der Waals surface area contributed by atoms with E-state index in [0.29, 0.717) is 5.25 Å². The monoisotopic (exact) mass is 270 g/mol. The van der Waals surface area contributed by atoms with Gasteiger partial charge in [-0.05, 0) is 25.7 Å². The quantitative estimate of drug-likeness (QED) is 0.833. The third kappa shape index (κ3) is 3.41. The topological polar surface area (TPSA) is 33.6 Å². The SMILES string of the molecule is CCC(CC)C1CN=C(NCC2(C)CCCO2)S1. The molecule has 2 aliphatic heterocycles. The highest BCUT2D eigenvalue weighted by atomic mass is 32.2. The first-order valence-electron chi connectivity index (χ1n) is 7.26. The summed E-state index contributed by atoms with van der Waals surface area (Å²) < 4.78 is 5.79. The van der Waals surface area contributed by atoms with Gasteiger partial charge in [0.25, 0.3) is 0 Å². The van der Waals surface area contributed by atoms with E-state index in [1.54, 1.807) is 0 Å². The van der Waals surface area contributed by atoms with Gasteiger partial charge in [0.05, 0.1) is 12.1 Å². The van der Waals surface area contributed by atoms with Crippen LogP contribution in [0.15, 0.2) is 4.99 Å². The highest BCUT2D eigenvalue weighted by Gasteiger charge is 2.31. The average molecular weight is 270 g/mol. The van der Waals surface area contributed by atoms with Crippen LogP contribution >= 0.6 is 11.8 Å². The first-order chi connectivity index (χ1) is 8.67. The van der Waals surface area contributed by atoms with E-state index in [1.807, 2.05) is 11.8 Å². The Morgan fingerprint density at radius 2 is 2.28 bits per heavy atom. The van der Waals surface area contributed by atoms with E-state index in [4.69, 9.17) is 4.74 Å². The fraction of sp³-hybridized carbons (Fsp3) is 0.929. The molecule has 2 rings (SSSR count). The number of thioether (sulfide) groups is 1. The minimum atomic E-state index is 0.0239. The van der Waals surface area contributed by atoms with Crippen LogP contribution in [0.4, 0.5) is 0 Å². The van der Waals surface area contributed by atoms with E-state index in [2.05, 4.69) is 31.1 Å². The summed E-state index contributed by atoms with van der Waals surface area (Å²) in [6.07, 6.45) is 4.87. The summed E-state index contributed by atoms with van der Waals surface area (Å²) in [7, 11) is 0. The lowest BCUT2D eigenvalue weighted by atomic mass is 9.99. The lowest BCUT2D eigenvalue weighted by Gasteiger charge is -2.24. The largest absolute Gasteiger partial charge is 0.373 e. The number of nitrogens with one attached hydrogen (secondary N) is 1. The van der Waals surface area contributed by atoms with Crippen molar-refractivity contribution in [3.8, 4) is 0 Å². The minimum absolute atomic E-state index is 0.0239. The maximum absolute atomic E-state index is 5.79. The van der Waals surface area contributed by atoms with Crippen LogP contribution in [0.2, 0.25) is 0 Å². The first-order valence-corrected chi connectivity index (χ1v) is 8.14. The Bertz CT molecular complexity index is 296. The van der Waals surface area contributed by atoms with Crippen LogP contribution < -0.4 is 5.32 Å². The first kappa shape index (κ1) is 14.2. The zero-order valence-corrected chi connectivity index (χ0v) is 12.7. The smallest absolute Gasteiger partial charge is 0.157 e. The van der Waals surface area contributed by atoms with Gasteiger partial charge >= 0.3 is 0 Å². The molecule has 0 spiro atoms. The van der Waals surface area contributed by atoms with Crippen LogP contribution in [0.1, 0.15) is 46.5 Å². The Hall–Kier alpha value is -0.220. The fourth-order valence-electron chi connectivity index (χ4n) is 2.79. The van der Waals surface area contributed by atoms with Gasteiger partial charge in [0.2, 0.25) is 0 Å². The second-order valence-electron chi connectivity index (χ2n) is 5.63. The number of amidine groups is 1. The standard InChI is InChI=1S/C14H26N2OS/c1-4-11(5-2)12-9-15-13(18-12)16-10-14(3)7-6-8-17-14/h11-12H,4-10H2,1-3H3,(H,15,16). The Balaban J connectivity index is 1.75. The Labute approximate surface area is 115 Å². The predicted molar refractivity (Wildman–Crippen MR) is 79.3 cm³/mol. The Morgan fingerprint density at radius 3 is 2.89 bits per heavy atom. The van der Waals surface area contributed by atoms with Gasteiger partial charge in [-0.1, -0.05) is 38.5 Å². The van der Waals surface area contributed by atoms with Gasteiger partial charge < -0.3 is 10.1 Å². The van der Waals surface area contributed by atoms with Gasteiger partial charge in [0.15, 0.2) is 5.17 Å². The number of hydrogen-bond acceptors (Lipinski definition) is 4. The number of aliphatic imine (C=N–C) groups is 1. The molecule has 4 heteroatoms. The van der Waals surface area contributed by atoms with E-state index >= 15 is 0 Å². The highest BCUT2D eigenvalue weighted by molar-refractivity contribution is 8.14. The van der Waals surface area contributed by atoms with Crippen molar-refractivity contribution in [2.24, 2.45) is 10.9 Å². The maximum Gasteiger partial charge on any atom is 0.157 e. The molecule has 0 radical (unpaired) electrons. The number of hydrogen-bond donors (Lipinski definition) is 1. The van der Waals surface area contributed by atoms with Gasteiger partial charge in [0.1, 0.15) is 0 Å². The van der Waals surface area contributed by atoms with Gasteiger partial charge in [-0.2, -0.15) is 0 Å². The number of rotatable bonds is 5. The van der Waals surface area contributed by atoms with Gasteiger partial charge in [-0.25, -0.2) is 0 Å². The summed E-state index contributed by atoms with van der Waals surface area (Å²) in [5, 5.41) is 5.29. The third-order valence-electron chi connectivity index (χ3n) is 4.17. The summed E-state index contributed by atoms with van der Waals surface area (Å²) in [6, 6.07) is 0. The highest BCUT2D eigenvalue weighted by Crippen LogP contribution is 2.31. The molecular formula is C14H26N2OS. The fourth-order valence-corrected chi connectivity index (χ4v) is 4.10. The molecule has 3 nitrogen and oxygen atoms in total. The molecule has 1 saturated heterocycles. The van der Waals surface area contributed by atoms with Crippen LogP contribution in [0.25, 0.3) is 0 Å². The van der Waals surface area contributed by atoms with Gasteiger partial charge in [0, 0.05) is 18.4 Å². The Morgan fingerprint density at radius 1 is 1.50 bits per heavy atom. The summed E-state index contributed by atoms with van der Waals surface area (Å²) in [4.78, 5) is 4.64. The van der Waals surface area contributed by atoms with Crippen LogP contribution in [-0.2, 0) is 4.74 Å². The van der Waals surface area contributed by atoms with Crippen LogP contribution in [0, 0.1) is 5.92 Å². The summed E-state index contributed by atoms with van der Waals surface area (Å²) >= 11 is 1.93. The van der Waals surface area contributed by atoms with E-state index in [1.165, 1.54) is 19.3 Å². The molecular weight excluding hydrogens is 244 g/mol. The molecule has 1 fully saturated rings. The van der Waals surface area contributed by atoms with Crippen molar-refractivity contribution in [1.82, 2.24) is 5.32 Å². The normalized spacial score (nSPS) is 32.0. The van der Waals surface area contributed by atoms with E-state index in [0.717, 1.165) is 37.2 Å². The zero-order valence-electron chi connectivity index (χ0n) is 11.9. The molecule has 2 atom stereocenters. The molecule has 2 aliphatic rings. The molecule has 104 valence electrons. The lowest BCUT2D eigenvalue weighted by Crippen LogP contribution is -2.39. The Kier molecular flexibility index (Phi) is 4.96. The molecule has 0 saturated carbocycles. The molecule has 2 unspecified atom stereocenters. The number of ether oxygens (including phenoxy) is 1. The molecule has 18 heavy (non-hydrogen) atoms.